The SMILES string of the molecule is O=C(CSc1nnc(Cc2cccs2)n1CCc1ccccc1)Nc1ccccc1F. The second-order valence-electron chi connectivity index (χ2n) is 6.86. The van der Waals surface area contributed by atoms with E-state index in [0.29, 0.717) is 11.6 Å². The van der Waals surface area contributed by atoms with Crippen molar-refractivity contribution in [3.8, 4) is 0 Å². The van der Waals surface area contributed by atoms with Crippen LogP contribution >= 0.6 is 23.1 Å². The Morgan fingerprint density at radius 2 is 1.84 bits per heavy atom. The highest BCUT2D eigenvalue weighted by Gasteiger charge is 2.16. The van der Waals surface area contributed by atoms with E-state index in [9.17, 15) is 9.18 Å². The second kappa shape index (κ2) is 10.4. The number of nitrogens with one attached hydrogen (secondary N) is 1. The first-order chi connectivity index (χ1) is 15.2. The minimum atomic E-state index is -0.454. The number of anilines is 1. The van der Waals surface area contributed by atoms with Crippen molar-refractivity contribution in [2.45, 2.75) is 24.5 Å². The highest BCUT2D eigenvalue weighted by atomic mass is 32.2. The molecule has 0 aliphatic heterocycles. The Morgan fingerprint density at radius 3 is 2.61 bits per heavy atom. The molecule has 0 aliphatic carbocycles. The number of hydrogen-bond acceptors (Lipinski definition) is 5. The van der Waals surface area contributed by atoms with Gasteiger partial charge in [-0.2, -0.15) is 0 Å². The summed E-state index contributed by atoms with van der Waals surface area (Å²) in [4.78, 5) is 13.5. The molecule has 0 fully saturated rings. The molecule has 31 heavy (non-hydrogen) atoms. The summed E-state index contributed by atoms with van der Waals surface area (Å²) >= 11 is 2.99. The monoisotopic (exact) mass is 452 g/mol. The number of halogens is 1. The van der Waals surface area contributed by atoms with E-state index < -0.39 is 5.82 Å². The molecule has 4 rings (SSSR count). The number of aryl methyl sites for hydroxylation is 1. The first kappa shape index (κ1) is 21.3. The van der Waals surface area contributed by atoms with E-state index in [2.05, 4.69) is 38.3 Å². The van der Waals surface area contributed by atoms with Gasteiger partial charge in [0.1, 0.15) is 11.6 Å². The number of thiophene rings is 1. The number of para-hydroxylation sites is 1. The lowest BCUT2D eigenvalue weighted by Crippen LogP contribution is -2.16. The molecule has 4 aromatic rings. The molecule has 2 heterocycles. The largest absolute Gasteiger partial charge is 0.323 e. The van der Waals surface area contributed by atoms with Crippen molar-refractivity contribution in [2.75, 3.05) is 11.1 Å². The van der Waals surface area contributed by atoms with Gasteiger partial charge in [0.15, 0.2) is 5.16 Å². The van der Waals surface area contributed by atoms with E-state index >= 15 is 0 Å². The molecule has 5 nitrogen and oxygen atoms in total. The van der Waals surface area contributed by atoms with E-state index in [0.717, 1.165) is 18.8 Å². The van der Waals surface area contributed by atoms with Crippen molar-refractivity contribution in [1.82, 2.24) is 14.8 Å². The molecular formula is C23H21FN4OS2. The molecule has 0 bridgehead atoms. The molecule has 8 heteroatoms. The standard InChI is InChI=1S/C23H21FN4OS2/c24-19-10-4-5-11-20(19)25-22(29)16-31-23-27-26-21(15-18-9-6-14-30-18)28(23)13-12-17-7-2-1-3-8-17/h1-11,14H,12-13,15-16H2,(H,25,29). The van der Waals surface area contributed by atoms with E-state index in [-0.39, 0.29) is 17.3 Å². The van der Waals surface area contributed by atoms with Gasteiger partial charge < -0.3 is 9.88 Å². The Bertz CT molecular complexity index is 1130. The molecule has 0 spiro atoms. The van der Waals surface area contributed by atoms with E-state index in [1.807, 2.05) is 29.6 Å². The number of carbonyl (C=O) groups excluding carboxylic acids is 1. The Balaban J connectivity index is 1.46. The van der Waals surface area contributed by atoms with Gasteiger partial charge in [0.05, 0.1) is 11.4 Å². The van der Waals surface area contributed by atoms with Crippen LogP contribution in [0, 0.1) is 5.82 Å². The second-order valence-corrected chi connectivity index (χ2v) is 8.83. The Kier molecular flexibility index (Phi) is 7.11. The molecule has 0 aliphatic rings. The molecule has 1 amide bonds. The number of aromatic nitrogens is 3. The van der Waals surface area contributed by atoms with Crippen LogP contribution in [0.3, 0.4) is 0 Å². The maximum absolute atomic E-state index is 13.8. The molecule has 2 aromatic heterocycles. The van der Waals surface area contributed by atoms with Crippen LogP contribution in [-0.4, -0.2) is 26.4 Å². The molecule has 0 radical (unpaired) electrons. The summed E-state index contributed by atoms with van der Waals surface area (Å²) in [6.45, 7) is 0.717. The average Bonchev–Trinajstić information content (AvgIpc) is 3.43. The van der Waals surface area contributed by atoms with E-state index in [4.69, 9.17) is 0 Å². The Labute approximate surface area is 188 Å². The number of amides is 1. The highest BCUT2D eigenvalue weighted by molar-refractivity contribution is 7.99. The summed E-state index contributed by atoms with van der Waals surface area (Å²) in [5, 5.41) is 14.1. The maximum atomic E-state index is 13.8. The van der Waals surface area contributed by atoms with Crippen LogP contribution in [0.1, 0.15) is 16.3 Å². The van der Waals surface area contributed by atoms with Crippen molar-refractivity contribution in [2.24, 2.45) is 0 Å². The van der Waals surface area contributed by atoms with Crippen molar-refractivity contribution in [3.05, 3.63) is 94.2 Å². The number of rotatable bonds is 9. The van der Waals surface area contributed by atoms with Gasteiger partial charge in [0.2, 0.25) is 5.91 Å². The first-order valence-electron chi connectivity index (χ1n) is 9.84. The van der Waals surface area contributed by atoms with Gasteiger partial charge in [-0.05, 0) is 35.6 Å². The third-order valence-corrected chi connectivity index (χ3v) is 6.50. The van der Waals surface area contributed by atoms with Crippen LogP contribution in [0.2, 0.25) is 0 Å². The summed E-state index contributed by atoms with van der Waals surface area (Å²) in [7, 11) is 0. The van der Waals surface area contributed by atoms with Crippen molar-refractivity contribution >= 4 is 34.7 Å². The molecule has 0 saturated heterocycles. The smallest absolute Gasteiger partial charge is 0.234 e. The van der Waals surface area contributed by atoms with Gasteiger partial charge in [-0.25, -0.2) is 4.39 Å². The zero-order valence-electron chi connectivity index (χ0n) is 16.7. The summed E-state index contributed by atoms with van der Waals surface area (Å²) in [6, 6.07) is 20.5. The van der Waals surface area contributed by atoms with Gasteiger partial charge >= 0.3 is 0 Å². The Hall–Kier alpha value is -2.97. The van der Waals surface area contributed by atoms with Crippen LogP contribution < -0.4 is 5.32 Å². The van der Waals surface area contributed by atoms with Gasteiger partial charge in [-0.1, -0.05) is 60.3 Å². The minimum Gasteiger partial charge on any atom is -0.323 e. The van der Waals surface area contributed by atoms with E-state index in [1.165, 1.54) is 28.3 Å². The van der Waals surface area contributed by atoms with Gasteiger partial charge in [-0.15, -0.1) is 21.5 Å². The van der Waals surface area contributed by atoms with Crippen LogP contribution in [0.4, 0.5) is 10.1 Å². The molecular weight excluding hydrogens is 431 g/mol. The molecule has 1 N–H and O–H groups in total. The number of thioether (sulfide) groups is 1. The topological polar surface area (TPSA) is 59.8 Å². The predicted molar refractivity (Wildman–Crippen MR) is 123 cm³/mol. The molecule has 0 unspecified atom stereocenters. The van der Waals surface area contributed by atoms with Gasteiger partial charge in [0, 0.05) is 17.8 Å². The zero-order valence-corrected chi connectivity index (χ0v) is 18.3. The predicted octanol–water partition coefficient (Wildman–Crippen LogP) is 5.04. The zero-order chi connectivity index (χ0) is 21.5. The highest BCUT2D eigenvalue weighted by Crippen LogP contribution is 2.22. The third-order valence-electron chi connectivity index (χ3n) is 4.65. The van der Waals surface area contributed by atoms with Crippen molar-refractivity contribution < 1.29 is 9.18 Å². The summed E-state index contributed by atoms with van der Waals surface area (Å²) in [5.41, 5.74) is 1.41. The van der Waals surface area contributed by atoms with E-state index in [1.54, 1.807) is 29.5 Å². The quantitative estimate of drug-likeness (QED) is 0.361. The fourth-order valence-corrected chi connectivity index (χ4v) is 4.60. The summed E-state index contributed by atoms with van der Waals surface area (Å²) in [5.74, 6) is 0.254. The minimum absolute atomic E-state index is 0.122. The first-order valence-corrected chi connectivity index (χ1v) is 11.7. The fraction of sp³-hybridized carbons (Fsp3) is 0.174. The summed E-state index contributed by atoms with van der Waals surface area (Å²) in [6.07, 6.45) is 1.53. The van der Waals surface area contributed by atoms with Gasteiger partial charge in [0.25, 0.3) is 0 Å². The normalized spacial score (nSPS) is 10.9. The fourth-order valence-electron chi connectivity index (χ4n) is 3.11. The number of carbonyl (C=O) groups is 1. The molecule has 0 saturated carbocycles. The van der Waals surface area contributed by atoms with Crippen LogP contribution in [-0.2, 0) is 24.2 Å². The number of hydrogen-bond donors (Lipinski definition) is 1. The van der Waals surface area contributed by atoms with Gasteiger partial charge in [-0.3, -0.25) is 4.79 Å². The molecule has 2 aromatic carbocycles. The number of benzene rings is 2. The number of nitrogens with zero attached hydrogens (tertiary/aromatic N) is 3. The summed E-state index contributed by atoms with van der Waals surface area (Å²) < 4.78 is 15.9. The lowest BCUT2D eigenvalue weighted by atomic mass is 10.1. The van der Waals surface area contributed by atoms with Crippen LogP contribution in [0.15, 0.2) is 77.3 Å². The Morgan fingerprint density at radius 1 is 1.03 bits per heavy atom. The molecule has 0 atom stereocenters. The van der Waals surface area contributed by atoms with Crippen LogP contribution in [0.25, 0.3) is 0 Å². The van der Waals surface area contributed by atoms with Crippen molar-refractivity contribution in [3.63, 3.8) is 0 Å². The maximum Gasteiger partial charge on any atom is 0.234 e. The lowest BCUT2D eigenvalue weighted by molar-refractivity contribution is -0.113. The molecule has 158 valence electrons. The van der Waals surface area contributed by atoms with Crippen molar-refractivity contribution in [1.29, 1.82) is 0 Å². The third kappa shape index (κ3) is 5.80. The van der Waals surface area contributed by atoms with Crippen LogP contribution in [0.5, 0.6) is 0 Å². The lowest BCUT2D eigenvalue weighted by Gasteiger charge is -2.10. The average molecular weight is 453 g/mol.